The summed E-state index contributed by atoms with van der Waals surface area (Å²) in [5.74, 6) is 0.974. The summed E-state index contributed by atoms with van der Waals surface area (Å²) < 4.78 is 24.7. The van der Waals surface area contributed by atoms with Crippen LogP contribution < -0.4 is 4.74 Å². The quantitative estimate of drug-likeness (QED) is 0.619. The summed E-state index contributed by atoms with van der Waals surface area (Å²) in [6.07, 6.45) is 0. The van der Waals surface area contributed by atoms with Crippen LogP contribution in [-0.4, -0.2) is 28.8 Å². The summed E-state index contributed by atoms with van der Waals surface area (Å²) in [5, 5.41) is 10.3. The van der Waals surface area contributed by atoms with E-state index in [-0.39, 0.29) is 17.6 Å². The first-order valence-electron chi connectivity index (χ1n) is 8.06. The minimum Gasteiger partial charge on any atom is -0.494 e. The Morgan fingerprint density at radius 3 is 2.80 bits per heavy atom. The normalized spacial score (nSPS) is 12.5. The molecular formula is C18H20FN3O2S. The molecule has 0 radical (unpaired) electrons. The van der Waals surface area contributed by atoms with Crippen LogP contribution in [0, 0.1) is 5.82 Å². The monoisotopic (exact) mass is 361 g/mol. The van der Waals surface area contributed by atoms with Crippen molar-refractivity contribution in [3.8, 4) is 16.5 Å². The molecule has 0 aliphatic carbocycles. The molecule has 0 amide bonds. The molecule has 7 heteroatoms. The van der Waals surface area contributed by atoms with Gasteiger partial charge in [-0.05, 0) is 42.6 Å². The van der Waals surface area contributed by atoms with Gasteiger partial charge in [0, 0.05) is 6.54 Å². The predicted octanol–water partition coefficient (Wildman–Crippen LogP) is 4.53. The molecular weight excluding hydrogens is 341 g/mol. The smallest absolute Gasteiger partial charge is 0.257 e. The van der Waals surface area contributed by atoms with E-state index in [4.69, 9.17) is 9.15 Å². The van der Waals surface area contributed by atoms with Gasteiger partial charge in [0.05, 0.1) is 18.0 Å². The number of nitrogens with zero attached hydrogens (tertiary/aromatic N) is 3. The molecule has 1 atom stereocenters. The maximum Gasteiger partial charge on any atom is 0.257 e. The second kappa shape index (κ2) is 7.76. The zero-order valence-electron chi connectivity index (χ0n) is 14.4. The Morgan fingerprint density at radius 1 is 1.32 bits per heavy atom. The molecule has 0 N–H and O–H groups in total. The standard InChI is InChI=1S/C18H20FN3O2S/c1-4-22(11-13-7-8-15(23-3)14(19)10-13)12(2)17-20-21-18(24-17)16-6-5-9-25-16/h5-10,12H,4,11H2,1-3H3/t12-/m1/s1. The highest BCUT2D eigenvalue weighted by molar-refractivity contribution is 7.13. The fraction of sp³-hybridized carbons (Fsp3) is 0.333. The van der Waals surface area contributed by atoms with Gasteiger partial charge in [0.15, 0.2) is 11.6 Å². The van der Waals surface area contributed by atoms with E-state index < -0.39 is 0 Å². The van der Waals surface area contributed by atoms with Crippen molar-refractivity contribution in [2.75, 3.05) is 13.7 Å². The van der Waals surface area contributed by atoms with Crippen molar-refractivity contribution in [1.29, 1.82) is 0 Å². The lowest BCUT2D eigenvalue weighted by molar-refractivity contribution is 0.184. The summed E-state index contributed by atoms with van der Waals surface area (Å²) in [5.41, 5.74) is 0.866. The van der Waals surface area contributed by atoms with Gasteiger partial charge in [-0.1, -0.05) is 19.1 Å². The average molecular weight is 361 g/mol. The molecule has 1 aromatic carbocycles. The van der Waals surface area contributed by atoms with Crippen LogP contribution in [0.5, 0.6) is 5.75 Å². The molecule has 0 bridgehead atoms. The third-order valence-corrected chi connectivity index (χ3v) is 4.94. The number of halogens is 1. The number of rotatable bonds is 7. The Bertz CT molecular complexity index is 820. The molecule has 3 rings (SSSR count). The lowest BCUT2D eigenvalue weighted by Crippen LogP contribution is -2.26. The number of aromatic nitrogens is 2. The highest BCUT2D eigenvalue weighted by Crippen LogP contribution is 2.28. The number of thiophene rings is 1. The van der Waals surface area contributed by atoms with E-state index in [2.05, 4.69) is 15.1 Å². The first-order chi connectivity index (χ1) is 12.1. The Hall–Kier alpha value is -2.25. The van der Waals surface area contributed by atoms with Crippen molar-refractivity contribution in [1.82, 2.24) is 15.1 Å². The van der Waals surface area contributed by atoms with E-state index in [0.29, 0.717) is 18.3 Å². The van der Waals surface area contributed by atoms with Crippen LogP contribution >= 0.6 is 11.3 Å². The SMILES string of the molecule is CCN(Cc1ccc(OC)c(F)c1)[C@H](C)c1nnc(-c2cccs2)o1. The van der Waals surface area contributed by atoms with Gasteiger partial charge in [-0.2, -0.15) is 0 Å². The topological polar surface area (TPSA) is 51.4 Å². The van der Waals surface area contributed by atoms with Crippen molar-refractivity contribution in [3.05, 3.63) is 53.0 Å². The minimum absolute atomic E-state index is 0.0728. The fourth-order valence-corrected chi connectivity index (χ4v) is 3.27. The highest BCUT2D eigenvalue weighted by Gasteiger charge is 2.21. The first kappa shape index (κ1) is 17.6. The largest absolute Gasteiger partial charge is 0.494 e. The van der Waals surface area contributed by atoms with Gasteiger partial charge < -0.3 is 9.15 Å². The van der Waals surface area contributed by atoms with E-state index in [1.54, 1.807) is 17.4 Å². The Balaban J connectivity index is 1.75. The maximum absolute atomic E-state index is 13.9. The maximum atomic E-state index is 13.9. The van der Waals surface area contributed by atoms with E-state index in [1.165, 1.54) is 13.2 Å². The number of hydrogen-bond acceptors (Lipinski definition) is 6. The Kier molecular flexibility index (Phi) is 5.45. The summed E-state index contributed by atoms with van der Waals surface area (Å²) in [7, 11) is 1.46. The highest BCUT2D eigenvalue weighted by atomic mass is 32.1. The summed E-state index contributed by atoms with van der Waals surface area (Å²) >= 11 is 1.56. The van der Waals surface area contributed by atoms with Gasteiger partial charge in [-0.25, -0.2) is 4.39 Å². The van der Waals surface area contributed by atoms with Crippen LogP contribution in [0.3, 0.4) is 0 Å². The van der Waals surface area contributed by atoms with E-state index >= 15 is 0 Å². The molecule has 2 heterocycles. The van der Waals surface area contributed by atoms with Gasteiger partial charge in [-0.15, -0.1) is 21.5 Å². The van der Waals surface area contributed by atoms with Gasteiger partial charge in [-0.3, -0.25) is 4.90 Å². The third-order valence-electron chi connectivity index (χ3n) is 4.09. The van der Waals surface area contributed by atoms with E-state index in [0.717, 1.165) is 17.0 Å². The van der Waals surface area contributed by atoms with Crippen LogP contribution in [0.15, 0.2) is 40.1 Å². The lowest BCUT2D eigenvalue weighted by Gasteiger charge is -2.25. The Labute approximate surface area is 150 Å². The molecule has 0 fully saturated rings. The van der Waals surface area contributed by atoms with Crippen molar-refractivity contribution in [3.63, 3.8) is 0 Å². The van der Waals surface area contributed by atoms with Crippen LogP contribution in [0.1, 0.15) is 31.3 Å². The number of methoxy groups -OCH3 is 1. The number of benzene rings is 1. The zero-order chi connectivity index (χ0) is 17.8. The van der Waals surface area contributed by atoms with Crippen LogP contribution in [0.4, 0.5) is 4.39 Å². The summed E-state index contributed by atoms with van der Waals surface area (Å²) in [6.45, 7) is 5.41. The van der Waals surface area contributed by atoms with Gasteiger partial charge in [0.1, 0.15) is 0 Å². The molecule has 0 unspecified atom stereocenters. The average Bonchev–Trinajstić information content (AvgIpc) is 3.30. The van der Waals surface area contributed by atoms with Gasteiger partial charge in [0.2, 0.25) is 5.89 Å². The van der Waals surface area contributed by atoms with Crippen molar-refractivity contribution >= 4 is 11.3 Å². The molecule has 132 valence electrons. The fourth-order valence-electron chi connectivity index (χ4n) is 2.62. The molecule has 0 saturated carbocycles. The van der Waals surface area contributed by atoms with Crippen molar-refractivity contribution in [2.24, 2.45) is 0 Å². The predicted molar refractivity (Wildman–Crippen MR) is 95.1 cm³/mol. The summed E-state index contributed by atoms with van der Waals surface area (Å²) in [4.78, 5) is 3.10. The number of hydrogen-bond donors (Lipinski definition) is 0. The van der Waals surface area contributed by atoms with E-state index in [9.17, 15) is 4.39 Å². The van der Waals surface area contributed by atoms with Crippen molar-refractivity contribution < 1.29 is 13.5 Å². The molecule has 25 heavy (non-hydrogen) atoms. The number of ether oxygens (including phenoxy) is 1. The van der Waals surface area contributed by atoms with Crippen LogP contribution in [0.25, 0.3) is 10.8 Å². The molecule has 2 aromatic heterocycles. The first-order valence-corrected chi connectivity index (χ1v) is 8.94. The lowest BCUT2D eigenvalue weighted by atomic mass is 10.1. The third kappa shape index (κ3) is 3.88. The van der Waals surface area contributed by atoms with Crippen LogP contribution in [-0.2, 0) is 6.54 Å². The molecule has 0 aliphatic heterocycles. The zero-order valence-corrected chi connectivity index (χ0v) is 15.2. The second-order valence-electron chi connectivity index (χ2n) is 5.63. The van der Waals surface area contributed by atoms with Gasteiger partial charge in [0.25, 0.3) is 5.89 Å². The van der Waals surface area contributed by atoms with Gasteiger partial charge >= 0.3 is 0 Å². The molecule has 0 aliphatic rings. The Morgan fingerprint density at radius 2 is 2.16 bits per heavy atom. The molecule has 0 saturated heterocycles. The van der Waals surface area contributed by atoms with E-state index in [1.807, 2.05) is 37.4 Å². The van der Waals surface area contributed by atoms with Crippen LogP contribution in [0.2, 0.25) is 0 Å². The van der Waals surface area contributed by atoms with Crippen molar-refractivity contribution in [2.45, 2.75) is 26.4 Å². The second-order valence-corrected chi connectivity index (χ2v) is 6.58. The molecule has 3 aromatic rings. The summed E-state index contributed by atoms with van der Waals surface area (Å²) in [6, 6.07) is 8.83. The molecule has 0 spiro atoms. The molecule has 5 nitrogen and oxygen atoms in total. The minimum atomic E-state index is -0.360.